The normalized spacial score (nSPS) is 28.2. The fraction of sp³-hybridized carbons (Fsp3) is 0.714. The number of hydrogen-bond donors (Lipinski definition) is 2. The zero-order chi connectivity index (χ0) is 13.0. The minimum absolute atomic E-state index is 0.0846. The molecule has 1 amide bonds. The van der Waals surface area contributed by atoms with Crippen LogP contribution in [0.3, 0.4) is 0 Å². The molecule has 2 atom stereocenters. The van der Waals surface area contributed by atoms with Gasteiger partial charge in [-0.3, -0.25) is 9.59 Å². The Morgan fingerprint density at radius 3 is 2.33 bits per heavy atom. The summed E-state index contributed by atoms with van der Waals surface area (Å²) in [5.41, 5.74) is 0. The van der Waals surface area contributed by atoms with Crippen molar-refractivity contribution in [3.63, 3.8) is 0 Å². The molecule has 0 aromatic carbocycles. The lowest BCUT2D eigenvalue weighted by atomic mass is 9.82. The summed E-state index contributed by atoms with van der Waals surface area (Å²) in [6.45, 7) is 0.714. The van der Waals surface area contributed by atoms with E-state index in [1.54, 1.807) is 0 Å². The zero-order valence-electron chi connectivity index (χ0n) is 10.6. The van der Waals surface area contributed by atoms with Crippen LogP contribution in [-0.2, 0) is 9.59 Å². The van der Waals surface area contributed by atoms with E-state index in [0.29, 0.717) is 25.3 Å². The van der Waals surface area contributed by atoms with Crippen molar-refractivity contribution in [2.24, 2.45) is 17.8 Å². The Bertz CT molecular complexity index is 345. The number of hydrogen-bond acceptors (Lipinski definition) is 2. The molecule has 18 heavy (non-hydrogen) atoms. The fourth-order valence-corrected chi connectivity index (χ4v) is 2.97. The summed E-state index contributed by atoms with van der Waals surface area (Å²) in [6.07, 6.45) is 9.68. The number of rotatable bonds is 4. The molecular weight excluding hydrogens is 230 g/mol. The highest BCUT2D eigenvalue weighted by Gasteiger charge is 2.34. The van der Waals surface area contributed by atoms with E-state index >= 15 is 0 Å². The first kappa shape index (κ1) is 13.1. The van der Waals surface area contributed by atoms with Crippen LogP contribution < -0.4 is 5.32 Å². The van der Waals surface area contributed by atoms with E-state index in [1.807, 2.05) is 12.2 Å². The molecule has 1 saturated carbocycles. The van der Waals surface area contributed by atoms with Crippen molar-refractivity contribution in [1.82, 2.24) is 5.32 Å². The lowest BCUT2D eigenvalue weighted by Gasteiger charge is -2.24. The van der Waals surface area contributed by atoms with E-state index < -0.39 is 17.8 Å². The van der Waals surface area contributed by atoms with E-state index in [1.165, 1.54) is 25.7 Å². The Labute approximate surface area is 107 Å². The van der Waals surface area contributed by atoms with Crippen LogP contribution in [0.1, 0.15) is 38.5 Å². The molecule has 0 aliphatic heterocycles. The van der Waals surface area contributed by atoms with E-state index in [2.05, 4.69) is 5.32 Å². The first-order valence-electron chi connectivity index (χ1n) is 6.84. The number of allylic oxidation sites excluding steroid dienone is 2. The zero-order valence-corrected chi connectivity index (χ0v) is 10.6. The molecule has 2 aliphatic carbocycles. The average Bonchev–Trinajstić information content (AvgIpc) is 2.89. The number of carboxylic acids is 1. The summed E-state index contributed by atoms with van der Waals surface area (Å²) < 4.78 is 0. The fourth-order valence-electron chi connectivity index (χ4n) is 2.97. The van der Waals surface area contributed by atoms with Gasteiger partial charge in [0, 0.05) is 6.54 Å². The van der Waals surface area contributed by atoms with Crippen LogP contribution in [0.25, 0.3) is 0 Å². The van der Waals surface area contributed by atoms with Gasteiger partial charge in [-0.25, -0.2) is 0 Å². The van der Waals surface area contributed by atoms with Crippen LogP contribution in [0.15, 0.2) is 12.2 Å². The third kappa shape index (κ3) is 3.12. The molecule has 0 spiro atoms. The van der Waals surface area contributed by atoms with Gasteiger partial charge in [-0.15, -0.1) is 0 Å². The molecule has 4 nitrogen and oxygen atoms in total. The number of carboxylic acid groups (broad SMARTS) is 1. The predicted octanol–water partition coefficient (Wildman–Crippen LogP) is 1.96. The van der Waals surface area contributed by atoms with Crippen LogP contribution in [0.4, 0.5) is 0 Å². The van der Waals surface area contributed by atoms with Crippen molar-refractivity contribution in [2.75, 3.05) is 6.54 Å². The van der Waals surface area contributed by atoms with Crippen LogP contribution in [-0.4, -0.2) is 23.5 Å². The quantitative estimate of drug-likeness (QED) is 0.751. The smallest absolute Gasteiger partial charge is 0.307 e. The monoisotopic (exact) mass is 251 g/mol. The van der Waals surface area contributed by atoms with Crippen LogP contribution in [0.5, 0.6) is 0 Å². The molecule has 100 valence electrons. The molecule has 4 heteroatoms. The maximum absolute atomic E-state index is 12.1. The highest BCUT2D eigenvalue weighted by Crippen LogP contribution is 2.27. The molecule has 1 fully saturated rings. The molecule has 0 bridgehead atoms. The van der Waals surface area contributed by atoms with E-state index in [0.717, 1.165) is 0 Å². The Morgan fingerprint density at radius 2 is 1.72 bits per heavy atom. The molecule has 0 heterocycles. The van der Waals surface area contributed by atoms with Crippen LogP contribution in [0.2, 0.25) is 0 Å². The minimum Gasteiger partial charge on any atom is -0.481 e. The molecule has 0 saturated heterocycles. The van der Waals surface area contributed by atoms with Crippen molar-refractivity contribution >= 4 is 11.9 Å². The van der Waals surface area contributed by atoms with Crippen molar-refractivity contribution in [1.29, 1.82) is 0 Å². The standard InChI is InChI=1S/C14H21NO3/c16-13(15-9-10-5-1-2-6-10)11-7-3-4-8-12(11)14(17)18/h3-4,10-12H,1-2,5-9H2,(H,15,16)(H,17,18). The van der Waals surface area contributed by atoms with Gasteiger partial charge in [-0.2, -0.15) is 0 Å². The Morgan fingerprint density at radius 1 is 1.11 bits per heavy atom. The van der Waals surface area contributed by atoms with Gasteiger partial charge in [0.2, 0.25) is 5.91 Å². The highest BCUT2D eigenvalue weighted by atomic mass is 16.4. The Kier molecular flexibility index (Phi) is 4.39. The third-order valence-electron chi connectivity index (χ3n) is 4.13. The molecule has 0 aromatic rings. The van der Waals surface area contributed by atoms with Gasteiger partial charge in [0.15, 0.2) is 0 Å². The number of amides is 1. The molecule has 0 aromatic heterocycles. The van der Waals surface area contributed by atoms with Gasteiger partial charge >= 0.3 is 5.97 Å². The number of aliphatic carboxylic acids is 1. The van der Waals surface area contributed by atoms with Gasteiger partial charge in [0.25, 0.3) is 0 Å². The number of carbonyl (C=O) groups is 2. The molecular formula is C14H21NO3. The van der Waals surface area contributed by atoms with E-state index in [4.69, 9.17) is 5.11 Å². The third-order valence-corrected chi connectivity index (χ3v) is 4.13. The summed E-state index contributed by atoms with van der Waals surface area (Å²) in [5, 5.41) is 12.1. The second-order valence-electron chi connectivity index (χ2n) is 5.39. The molecule has 2 N–H and O–H groups in total. The van der Waals surface area contributed by atoms with Crippen molar-refractivity contribution in [3.05, 3.63) is 12.2 Å². The molecule has 2 aliphatic rings. The predicted molar refractivity (Wildman–Crippen MR) is 68.0 cm³/mol. The maximum atomic E-state index is 12.1. The summed E-state index contributed by atoms with van der Waals surface area (Å²) in [5.74, 6) is -1.30. The van der Waals surface area contributed by atoms with Crippen molar-refractivity contribution in [3.8, 4) is 0 Å². The lowest BCUT2D eigenvalue weighted by Crippen LogP contribution is -2.40. The van der Waals surface area contributed by atoms with Gasteiger partial charge in [-0.05, 0) is 31.6 Å². The van der Waals surface area contributed by atoms with Gasteiger partial charge < -0.3 is 10.4 Å². The molecule has 2 rings (SSSR count). The Hall–Kier alpha value is -1.32. The van der Waals surface area contributed by atoms with Gasteiger partial charge in [0.05, 0.1) is 11.8 Å². The summed E-state index contributed by atoms with van der Waals surface area (Å²) in [7, 11) is 0. The molecule has 2 unspecified atom stereocenters. The summed E-state index contributed by atoms with van der Waals surface area (Å²) >= 11 is 0. The van der Waals surface area contributed by atoms with Crippen molar-refractivity contribution < 1.29 is 14.7 Å². The number of carbonyl (C=O) groups excluding carboxylic acids is 1. The lowest BCUT2D eigenvalue weighted by molar-refractivity contribution is -0.147. The van der Waals surface area contributed by atoms with Crippen LogP contribution in [0, 0.1) is 17.8 Å². The highest BCUT2D eigenvalue weighted by molar-refractivity contribution is 5.85. The SMILES string of the molecule is O=C(O)C1CC=CCC1C(=O)NCC1CCCC1. The number of nitrogens with one attached hydrogen (secondary N) is 1. The van der Waals surface area contributed by atoms with Gasteiger partial charge in [-0.1, -0.05) is 25.0 Å². The Balaban J connectivity index is 1.86. The van der Waals surface area contributed by atoms with Crippen molar-refractivity contribution in [2.45, 2.75) is 38.5 Å². The second-order valence-corrected chi connectivity index (χ2v) is 5.39. The first-order valence-corrected chi connectivity index (χ1v) is 6.84. The van der Waals surface area contributed by atoms with Crippen LogP contribution >= 0.6 is 0 Å². The largest absolute Gasteiger partial charge is 0.481 e. The minimum atomic E-state index is -0.861. The van der Waals surface area contributed by atoms with E-state index in [9.17, 15) is 9.59 Å². The summed E-state index contributed by atoms with van der Waals surface area (Å²) in [6, 6.07) is 0. The first-order chi connectivity index (χ1) is 8.68. The van der Waals surface area contributed by atoms with Gasteiger partial charge in [0.1, 0.15) is 0 Å². The summed E-state index contributed by atoms with van der Waals surface area (Å²) in [4.78, 5) is 23.2. The second kappa shape index (κ2) is 6.03. The molecule has 0 radical (unpaired) electrons. The average molecular weight is 251 g/mol. The van der Waals surface area contributed by atoms with E-state index in [-0.39, 0.29) is 5.91 Å². The maximum Gasteiger partial charge on any atom is 0.307 e. The topological polar surface area (TPSA) is 66.4 Å².